The molecule has 156 valence electrons. The van der Waals surface area contributed by atoms with Crippen molar-refractivity contribution in [1.82, 2.24) is 14.6 Å². The van der Waals surface area contributed by atoms with E-state index in [0.29, 0.717) is 0 Å². The van der Waals surface area contributed by atoms with Crippen molar-refractivity contribution in [2.75, 3.05) is 30.5 Å². The van der Waals surface area contributed by atoms with Crippen LogP contribution in [0.15, 0.2) is 12.3 Å². The number of aromatic nitrogens is 1. The summed E-state index contributed by atoms with van der Waals surface area (Å²) in [5.41, 5.74) is 0.0930. The number of hydrogen-bond acceptors (Lipinski definition) is 5. The lowest BCUT2D eigenvalue weighted by Gasteiger charge is -2.36. The molecule has 0 spiro atoms. The normalized spacial score (nSPS) is 19.1. The highest BCUT2D eigenvalue weighted by molar-refractivity contribution is 7.90. The molecule has 3 heterocycles. The summed E-state index contributed by atoms with van der Waals surface area (Å²) in [6.07, 6.45) is 1.52. The zero-order chi connectivity index (χ0) is 20.5. The number of ether oxygens (including phenoxy) is 1. The first kappa shape index (κ1) is 20.8. The first-order chi connectivity index (χ1) is 13.1. The molecule has 0 saturated carbocycles. The highest BCUT2D eigenvalue weighted by Crippen LogP contribution is 2.34. The first-order valence-corrected chi connectivity index (χ1v) is 10.9. The maximum atomic E-state index is 13.4. The summed E-state index contributed by atoms with van der Waals surface area (Å²) >= 11 is 0. The lowest BCUT2D eigenvalue weighted by molar-refractivity contribution is 0.0910. The van der Waals surface area contributed by atoms with Crippen LogP contribution >= 0.6 is 0 Å². The van der Waals surface area contributed by atoms with Crippen molar-refractivity contribution in [1.29, 1.82) is 0 Å². The highest BCUT2D eigenvalue weighted by atomic mass is 32.2. The molecular weight excluding hydrogens is 387 g/mol. The van der Waals surface area contributed by atoms with Gasteiger partial charge < -0.3 is 10.1 Å². The van der Waals surface area contributed by atoms with E-state index in [4.69, 9.17) is 4.74 Å². The molecule has 1 N–H and O–H groups in total. The fourth-order valence-electron chi connectivity index (χ4n) is 3.10. The van der Waals surface area contributed by atoms with E-state index in [1.807, 2.05) is 20.8 Å². The number of carbonyl (C=O) groups is 1. The first-order valence-electron chi connectivity index (χ1n) is 9.51. The van der Waals surface area contributed by atoms with Gasteiger partial charge in [-0.3, -0.25) is 4.79 Å². The molecule has 1 aromatic rings. The molecule has 8 nitrogen and oxygen atoms in total. The van der Waals surface area contributed by atoms with Gasteiger partial charge in [0.2, 0.25) is 5.88 Å². The van der Waals surface area contributed by atoms with Gasteiger partial charge >= 0.3 is 10.2 Å². The number of piperidine rings is 1. The SMILES string of the molecule is CCC(C)(C)NC(=O)c1cnc2c(c1)N(S(=O)(=O)N1CCC(F)CC1)CCO2. The standard InChI is InChI=1S/C18H27FN4O4S/c1-4-18(2,3)21-16(24)13-11-15-17(20-12-13)27-10-9-23(15)28(25,26)22-7-5-14(19)6-8-22/h11-12,14H,4-10H2,1-3H3,(H,21,24). The van der Waals surface area contributed by atoms with Crippen LogP contribution in [0.25, 0.3) is 0 Å². The zero-order valence-corrected chi connectivity index (χ0v) is 17.3. The molecule has 0 unspecified atom stereocenters. The van der Waals surface area contributed by atoms with Crippen LogP contribution in [0.1, 0.15) is 50.4 Å². The minimum atomic E-state index is -3.86. The second-order valence-electron chi connectivity index (χ2n) is 7.74. The lowest BCUT2D eigenvalue weighted by atomic mass is 10.0. The topological polar surface area (TPSA) is 91.8 Å². The number of pyridine rings is 1. The second kappa shape index (κ2) is 7.82. The minimum absolute atomic E-state index is 0.109. The molecule has 1 amide bonds. The number of carbonyl (C=O) groups excluding carboxylic acids is 1. The van der Waals surface area contributed by atoms with E-state index in [-0.39, 0.29) is 62.1 Å². The van der Waals surface area contributed by atoms with Crippen molar-refractivity contribution in [3.8, 4) is 5.88 Å². The van der Waals surface area contributed by atoms with Gasteiger partial charge in [-0.1, -0.05) is 6.92 Å². The number of halogens is 1. The third kappa shape index (κ3) is 4.22. The van der Waals surface area contributed by atoms with Crippen LogP contribution in [0.2, 0.25) is 0 Å². The number of fused-ring (bicyclic) bond motifs is 1. The Morgan fingerprint density at radius 2 is 2.04 bits per heavy atom. The third-order valence-electron chi connectivity index (χ3n) is 5.22. The molecule has 0 atom stereocenters. The molecule has 2 aliphatic heterocycles. The molecule has 1 saturated heterocycles. The Hall–Kier alpha value is -1.94. The number of amides is 1. The van der Waals surface area contributed by atoms with E-state index in [2.05, 4.69) is 10.3 Å². The smallest absolute Gasteiger partial charge is 0.304 e. The van der Waals surface area contributed by atoms with Gasteiger partial charge in [0.15, 0.2) is 0 Å². The molecular formula is C18H27FN4O4S. The Morgan fingerprint density at radius 1 is 1.36 bits per heavy atom. The third-order valence-corrected chi connectivity index (χ3v) is 7.17. The lowest BCUT2D eigenvalue weighted by Crippen LogP contribution is -2.50. The summed E-state index contributed by atoms with van der Waals surface area (Å²) < 4.78 is 47.6. The van der Waals surface area contributed by atoms with Gasteiger partial charge in [-0.05, 0) is 39.2 Å². The number of anilines is 1. The number of rotatable bonds is 5. The van der Waals surface area contributed by atoms with Crippen LogP contribution in [0.4, 0.5) is 10.1 Å². The van der Waals surface area contributed by atoms with E-state index in [1.54, 1.807) is 0 Å². The minimum Gasteiger partial charge on any atom is -0.474 e. The Bertz CT molecular complexity index is 838. The number of hydrogen-bond donors (Lipinski definition) is 1. The average molecular weight is 415 g/mol. The maximum Gasteiger partial charge on any atom is 0.304 e. The van der Waals surface area contributed by atoms with Crippen LogP contribution in [0.3, 0.4) is 0 Å². The van der Waals surface area contributed by atoms with Gasteiger partial charge in [0.1, 0.15) is 18.5 Å². The molecule has 0 aromatic carbocycles. The van der Waals surface area contributed by atoms with Crippen molar-refractivity contribution in [2.24, 2.45) is 0 Å². The van der Waals surface area contributed by atoms with Gasteiger partial charge in [-0.2, -0.15) is 12.7 Å². The fourth-order valence-corrected chi connectivity index (χ4v) is 4.74. The van der Waals surface area contributed by atoms with Crippen LogP contribution in [0.5, 0.6) is 5.88 Å². The second-order valence-corrected chi connectivity index (χ2v) is 9.59. The number of nitrogens with zero attached hydrogens (tertiary/aromatic N) is 3. The predicted octanol–water partition coefficient (Wildman–Crippen LogP) is 1.88. The van der Waals surface area contributed by atoms with Crippen molar-refractivity contribution < 1.29 is 22.3 Å². The van der Waals surface area contributed by atoms with Crippen molar-refractivity contribution >= 4 is 21.8 Å². The number of nitrogens with one attached hydrogen (secondary N) is 1. The molecule has 0 radical (unpaired) electrons. The zero-order valence-electron chi connectivity index (χ0n) is 16.4. The van der Waals surface area contributed by atoms with Gasteiger partial charge in [0, 0.05) is 24.8 Å². The van der Waals surface area contributed by atoms with Crippen molar-refractivity contribution in [3.63, 3.8) is 0 Å². The highest BCUT2D eigenvalue weighted by Gasteiger charge is 2.37. The molecule has 0 bridgehead atoms. The van der Waals surface area contributed by atoms with Crippen LogP contribution in [-0.2, 0) is 10.2 Å². The fraction of sp³-hybridized carbons (Fsp3) is 0.667. The van der Waals surface area contributed by atoms with Crippen molar-refractivity contribution in [3.05, 3.63) is 17.8 Å². The van der Waals surface area contributed by atoms with Gasteiger partial charge in [0.05, 0.1) is 12.1 Å². The van der Waals surface area contributed by atoms with Gasteiger partial charge in [-0.25, -0.2) is 13.7 Å². The van der Waals surface area contributed by atoms with Crippen molar-refractivity contribution in [2.45, 2.75) is 51.7 Å². The summed E-state index contributed by atoms with van der Waals surface area (Å²) in [5, 5.41) is 2.91. The Balaban J connectivity index is 1.89. The molecule has 3 rings (SSSR count). The Morgan fingerprint density at radius 3 is 2.68 bits per heavy atom. The maximum absolute atomic E-state index is 13.4. The largest absolute Gasteiger partial charge is 0.474 e. The molecule has 10 heteroatoms. The van der Waals surface area contributed by atoms with Crippen LogP contribution in [0, 0.1) is 0 Å². The monoisotopic (exact) mass is 414 g/mol. The summed E-state index contributed by atoms with van der Waals surface area (Å²) in [4.78, 5) is 16.7. The van der Waals surface area contributed by atoms with Gasteiger partial charge in [-0.15, -0.1) is 0 Å². The van der Waals surface area contributed by atoms with E-state index in [9.17, 15) is 17.6 Å². The van der Waals surface area contributed by atoms with E-state index < -0.39 is 21.9 Å². The van der Waals surface area contributed by atoms with Crippen LogP contribution in [-0.4, -0.2) is 61.6 Å². The van der Waals surface area contributed by atoms with Gasteiger partial charge in [0.25, 0.3) is 5.91 Å². The average Bonchev–Trinajstić information content (AvgIpc) is 2.67. The molecule has 1 fully saturated rings. The Kier molecular flexibility index (Phi) is 5.81. The summed E-state index contributed by atoms with van der Waals surface area (Å²) in [5.74, 6) is -0.162. The number of alkyl halides is 1. The predicted molar refractivity (Wildman–Crippen MR) is 104 cm³/mol. The van der Waals surface area contributed by atoms with E-state index >= 15 is 0 Å². The Labute approximate surface area is 165 Å². The summed E-state index contributed by atoms with van der Waals surface area (Å²) in [6.45, 7) is 6.32. The van der Waals surface area contributed by atoms with E-state index in [0.717, 1.165) is 6.42 Å². The molecule has 2 aliphatic rings. The molecule has 1 aromatic heterocycles. The molecule has 28 heavy (non-hydrogen) atoms. The molecule has 0 aliphatic carbocycles. The summed E-state index contributed by atoms with van der Waals surface area (Å²) in [6, 6.07) is 1.49. The summed E-state index contributed by atoms with van der Waals surface area (Å²) in [7, 11) is -3.86. The van der Waals surface area contributed by atoms with E-state index in [1.165, 1.54) is 20.9 Å². The quantitative estimate of drug-likeness (QED) is 0.794. The van der Waals surface area contributed by atoms with Crippen LogP contribution < -0.4 is 14.4 Å².